The molecule has 1 aliphatic heterocycles. The van der Waals surface area contributed by atoms with Crippen molar-refractivity contribution >= 4 is 33.2 Å². The van der Waals surface area contributed by atoms with Crippen molar-refractivity contribution in [1.29, 1.82) is 0 Å². The molecule has 1 atom stereocenters. The highest BCUT2D eigenvalue weighted by Crippen LogP contribution is 2.30. The van der Waals surface area contributed by atoms with Gasteiger partial charge in [-0.2, -0.15) is 0 Å². The van der Waals surface area contributed by atoms with Crippen LogP contribution in [0.25, 0.3) is 0 Å². The van der Waals surface area contributed by atoms with Gasteiger partial charge in [-0.25, -0.2) is 0 Å². The third-order valence-corrected chi connectivity index (χ3v) is 4.27. The molecule has 20 heavy (non-hydrogen) atoms. The molecular formula is C16H15BrClNO. The molecule has 1 unspecified atom stereocenters. The Hall–Kier alpha value is -1.19. The molecule has 1 N–H and O–H groups in total. The largest absolute Gasteiger partial charge is 0.487 e. The summed E-state index contributed by atoms with van der Waals surface area (Å²) in [4.78, 5) is 0. The fraction of sp³-hybridized carbons (Fsp3) is 0.250. The van der Waals surface area contributed by atoms with Crippen LogP contribution in [0.4, 0.5) is 5.69 Å². The van der Waals surface area contributed by atoms with E-state index >= 15 is 0 Å². The summed E-state index contributed by atoms with van der Waals surface area (Å²) < 4.78 is 7.03. The number of halogens is 2. The lowest BCUT2D eigenvalue weighted by Gasteiger charge is -2.18. The second kappa shape index (κ2) is 6.06. The van der Waals surface area contributed by atoms with Crippen molar-refractivity contribution < 1.29 is 4.74 Å². The van der Waals surface area contributed by atoms with Crippen LogP contribution >= 0.6 is 27.5 Å². The van der Waals surface area contributed by atoms with E-state index in [1.54, 1.807) is 0 Å². The van der Waals surface area contributed by atoms with Gasteiger partial charge in [0, 0.05) is 10.2 Å². The molecule has 0 bridgehead atoms. The van der Waals surface area contributed by atoms with Gasteiger partial charge in [0.25, 0.3) is 0 Å². The van der Waals surface area contributed by atoms with E-state index in [0.29, 0.717) is 5.02 Å². The number of ether oxygens (including phenoxy) is 1. The molecule has 1 aliphatic rings. The van der Waals surface area contributed by atoms with Gasteiger partial charge < -0.3 is 10.1 Å². The van der Waals surface area contributed by atoms with E-state index in [4.69, 9.17) is 16.3 Å². The van der Waals surface area contributed by atoms with E-state index in [0.717, 1.165) is 29.6 Å². The van der Waals surface area contributed by atoms with Gasteiger partial charge >= 0.3 is 0 Å². The SMILES string of the molecule is Clc1ccc(Br)cc1OC1CCc2ccccc2NC1. The second-order valence-corrected chi connectivity index (χ2v) is 6.21. The van der Waals surface area contributed by atoms with E-state index < -0.39 is 0 Å². The van der Waals surface area contributed by atoms with E-state index in [2.05, 4.69) is 45.5 Å². The Kier molecular flexibility index (Phi) is 4.18. The van der Waals surface area contributed by atoms with E-state index in [1.165, 1.54) is 11.3 Å². The molecule has 4 heteroatoms. The Morgan fingerprint density at radius 2 is 2.05 bits per heavy atom. The first-order valence-corrected chi connectivity index (χ1v) is 7.83. The van der Waals surface area contributed by atoms with Gasteiger partial charge in [0.1, 0.15) is 11.9 Å². The highest BCUT2D eigenvalue weighted by Gasteiger charge is 2.17. The summed E-state index contributed by atoms with van der Waals surface area (Å²) in [6.45, 7) is 0.792. The fourth-order valence-electron chi connectivity index (χ4n) is 2.40. The molecular weight excluding hydrogens is 338 g/mol. The van der Waals surface area contributed by atoms with Crippen LogP contribution in [-0.4, -0.2) is 12.6 Å². The molecule has 3 rings (SSSR count). The van der Waals surface area contributed by atoms with Gasteiger partial charge in [0.2, 0.25) is 0 Å². The van der Waals surface area contributed by atoms with Gasteiger partial charge in [-0.3, -0.25) is 0 Å². The number of benzene rings is 2. The molecule has 2 aromatic rings. The summed E-state index contributed by atoms with van der Waals surface area (Å²) in [5.41, 5.74) is 2.55. The Balaban J connectivity index is 1.73. The summed E-state index contributed by atoms with van der Waals surface area (Å²) >= 11 is 9.62. The van der Waals surface area contributed by atoms with Crippen molar-refractivity contribution in [2.75, 3.05) is 11.9 Å². The lowest BCUT2D eigenvalue weighted by molar-refractivity contribution is 0.206. The molecule has 2 nitrogen and oxygen atoms in total. The Labute approximate surface area is 132 Å². The van der Waals surface area contributed by atoms with Crippen LogP contribution in [0.1, 0.15) is 12.0 Å². The smallest absolute Gasteiger partial charge is 0.139 e. The second-order valence-electron chi connectivity index (χ2n) is 4.89. The van der Waals surface area contributed by atoms with Crippen molar-refractivity contribution in [1.82, 2.24) is 0 Å². The van der Waals surface area contributed by atoms with Crippen molar-refractivity contribution in [3.05, 3.63) is 57.5 Å². The van der Waals surface area contributed by atoms with E-state index in [-0.39, 0.29) is 6.10 Å². The number of anilines is 1. The molecule has 0 amide bonds. The van der Waals surface area contributed by atoms with Crippen molar-refractivity contribution in [2.45, 2.75) is 18.9 Å². The monoisotopic (exact) mass is 351 g/mol. The minimum atomic E-state index is 0.120. The normalized spacial score (nSPS) is 17.8. The fourth-order valence-corrected chi connectivity index (χ4v) is 2.90. The first kappa shape index (κ1) is 13.8. The Morgan fingerprint density at radius 3 is 2.95 bits per heavy atom. The van der Waals surface area contributed by atoms with Crippen LogP contribution in [0.3, 0.4) is 0 Å². The molecule has 0 saturated carbocycles. The van der Waals surface area contributed by atoms with Crippen LogP contribution in [0.15, 0.2) is 46.9 Å². The van der Waals surface area contributed by atoms with Gasteiger partial charge in [-0.05, 0) is 42.7 Å². The molecule has 1 heterocycles. The maximum absolute atomic E-state index is 6.18. The summed E-state index contributed by atoms with van der Waals surface area (Å²) in [5.74, 6) is 0.735. The van der Waals surface area contributed by atoms with Crippen LogP contribution in [0.2, 0.25) is 5.02 Å². The number of aryl methyl sites for hydroxylation is 1. The van der Waals surface area contributed by atoms with Crippen LogP contribution < -0.4 is 10.1 Å². The van der Waals surface area contributed by atoms with E-state index in [1.807, 2.05) is 18.2 Å². The lowest BCUT2D eigenvalue weighted by Crippen LogP contribution is -2.25. The minimum absolute atomic E-state index is 0.120. The summed E-state index contributed by atoms with van der Waals surface area (Å²) in [5, 5.41) is 4.10. The number of hydrogen-bond donors (Lipinski definition) is 1. The third kappa shape index (κ3) is 3.10. The van der Waals surface area contributed by atoms with Crippen molar-refractivity contribution in [3.8, 4) is 5.75 Å². The molecule has 0 aromatic heterocycles. The van der Waals surface area contributed by atoms with Crippen molar-refractivity contribution in [3.63, 3.8) is 0 Å². The average Bonchev–Trinajstić information content (AvgIpc) is 2.66. The summed E-state index contributed by atoms with van der Waals surface area (Å²) in [7, 11) is 0. The Bertz CT molecular complexity index is 590. The van der Waals surface area contributed by atoms with Gasteiger partial charge in [0.15, 0.2) is 0 Å². The topological polar surface area (TPSA) is 21.3 Å². The average molecular weight is 353 g/mol. The van der Waals surface area contributed by atoms with E-state index in [9.17, 15) is 0 Å². The number of fused-ring (bicyclic) bond motifs is 1. The van der Waals surface area contributed by atoms with Crippen LogP contribution in [-0.2, 0) is 6.42 Å². The maximum Gasteiger partial charge on any atom is 0.139 e. The van der Waals surface area contributed by atoms with Gasteiger partial charge in [-0.1, -0.05) is 45.7 Å². The highest BCUT2D eigenvalue weighted by atomic mass is 79.9. The molecule has 0 radical (unpaired) electrons. The van der Waals surface area contributed by atoms with Crippen LogP contribution in [0, 0.1) is 0 Å². The first-order chi connectivity index (χ1) is 9.72. The minimum Gasteiger partial charge on any atom is -0.487 e. The molecule has 0 fully saturated rings. The maximum atomic E-state index is 6.18. The quantitative estimate of drug-likeness (QED) is 0.829. The van der Waals surface area contributed by atoms with Crippen LogP contribution in [0.5, 0.6) is 5.75 Å². The molecule has 2 aromatic carbocycles. The number of para-hydroxylation sites is 1. The first-order valence-electron chi connectivity index (χ1n) is 6.66. The third-order valence-electron chi connectivity index (χ3n) is 3.46. The Morgan fingerprint density at radius 1 is 1.20 bits per heavy atom. The predicted molar refractivity (Wildman–Crippen MR) is 86.8 cm³/mol. The number of hydrogen-bond acceptors (Lipinski definition) is 2. The number of nitrogens with one attached hydrogen (secondary N) is 1. The van der Waals surface area contributed by atoms with Gasteiger partial charge in [0.05, 0.1) is 11.6 Å². The highest BCUT2D eigenvalue weighted by molar-refractivity contribution is 9.10. The summed E-state index contributed by atoms with van der Waals surface area (Å²) in [6, 6.07) is 14.1. The molecule has 104 valence electrons. The molecule has 0 spiro atoms. The zero-order chi connectivity index (χ0) is 13.9. The standard InChI is InChI=1S/C16H15BrClNO/c17-12-6-8-14(18)16(9-12)20-13-7-5-11-3-1-2-4-15(11)19-10-13/h1-4,6,8-9,13,19H,5,7,10H2. The molecule has 0 aliphatic carbocycles. The predicted octanol–water partition coefficient (Wildman–Crippen LogP) is 4.91. The summed E-state index contributed by atoms with van der Waals surface area (Å²) in [6.07, 6.45) is 2.11. The molecule has 0 saturated heterocycles. The zero-order valence-corrected chi connectivity index (χ0v) is 13.2. The number of rotatable bonds is 2. The lowest BCUT2D eigenvalue weighted by atomic mass is 10.1. The van der Waals surface area contributed by atoms with Gasteiger partial charge in [-0.15, -0.1) is 0 Å². The van der Waals surface area contributed by atoms with Crippen molar-refractivity contribution in [2.24, 2.45) is 0 Å². The zero-order valence-electron chi connectivity index (χ0n) is 10.9.